The third-order valence-corrected chi connectivity index (χ3v) is 4.84. The molecule has 0 aliphatic carbocycles. The van der Waals surface area contributed by atoms with Gasteiger partial charge in [0, 0.05) is 43.6 Å². The Bertz CT molecular complexity index is 667. The number of methoxy groups -OCH3 is 1. The number of anilines is 1. The van der Waals surface area contributed by atoms with E-state index < -0.39 is 0 Å². The number of nitrogens with one attached hydrogen (secondary N) is 1. The number of hydrogen-bond acceptors (Lipinski definition) is 5. The quantitative estimate of drug-likeness (QED) is 0.846. The van der Waals surface area contributed by atoms with Gasteiger partial charge in [-0.15, -0.1) is 0 Å². The van der Waals surface area contributed by atoms with Crippen molar-refractivity contribution in [2.75, 3.05) is 25.1 Å². The van der Waals surface area contributed by atoms with Gasteiger partial charge in [0.05, 0.1) is 13.2 Å². The van der Waals surface area contributed by atoms with E-state index in [2.05, 4.69) is 46.4 Å². The van der Waals surface area contributed by atoms with Crippen LogP contribution in [0.1, 0.15) is 36.9 Å². The Kier molecular flexibility index (Phi) is 5.89. The minimum absolute atomic E-state index is 0.133. The van der Waals surface area contributed by atoms with Crippen molar-refractivity contribution in [3.63, 3.8) is 0 Å². The lowest BCUT2D eigenvalue weighted by Gasteiger charge is -2.31. The van der Waals surface area contributed by atoms with Crippen LogP contribution in [0, 0.1) is 0 Å². The summed E-state index contributed by atoms with van der Waals surface area (Å²) in [5.41, 5.74) is 3.66. The summed E-state index contributed by atoms with van der Waals surface area (Å²) < 4.78 is 5.16. The zero-order valence-electron chi connectivity index (χ0n) is 15.0. The van der Waals surface area contributed by atoms with Gasteiger partial charge in [0.1, 0.15) is 0 Å². The largest absolute Gasteiger partial charge is 0.481 e. The van der Waals surface area contributed by atoms with Gasteiger partial charge in [-0.1, -0.05) is 12.1 Å². The predicted octanol–water partition coefficient (Wildman–Crippen LogP) is 2.90. The van der Waals surface area contributed by atoms with Crippen LogP contribution in [0.25, 0.3) is 0 Å². The average molecular weight is 341 g/mol. The van der Waals surface area contributed by atoms with Crippen LogP contribution in [-0.2, 0) is 6.54 Å². The van der Waals surface area contributed by atoms with E-state index >= 15 is 0 Å². The zero-order chi connectivity index (χ0) is 17.6. The van der Waals surface area contributed by atoms with E-state index in [1.54, 1.807) is 13.3 Å². The fourth-order valence-corrected chi connectivity index (χ4v) is 3.16. The average Bonchev–Trinajstić information content (AvgIpc) is 2.67. The van der Waals surface area contributed by atoms with Gasteiger partial charge in [-0.25, -0.2) is 4.98 Å². The molecule has 1 aliphatic rings. The molecule has 1 fully saturated rings. The van der Waals surface area contributed by atoms with Gasteiger partial charge in [-0.05, 0) is 49.1 Å². The van der Waals surface area contributed by atoms with E-state index in [1.807, 2.05) is 12.1 Å². The number of hydrogen-bond donors (Lipinski definition) is 2. The van der Waals surface area contributed by atoms with E-state index in [9.17, 15) is 5.11 Å². The molecule has 2 heterocycles. The minimum Gasteiger partial charge on any atom is -0.481 e. The molecule has 25 heavy (non-hydrogen) atoms. The monoisotopic (exact) mass is 341 g/mol. The van der Waals surface area contributed by atoms with Crippen LogP contribution in [0.3, 0.4) is 0 Å². The second-order valence-electron chi connectivity index (χ2n) is 6.62. The van der Waals surface area contributed by atoms with Crippen molar-refractivity contribution in [3.8, 4) is 5.88 Å². The van der Waals surface area contributed by atoms with Gasteiger partial charge in [0.25, 0.3) is 0 Å². The normalized spacial score (nSPS) is 16.7. The number of aliphatic hydroxyl groups is 1. The number of ether oxygens (including phenoxy) is 1. The second-order valence-corrected chi connectivity index (χ2v) is 6.62. The molecule has 0 bridgehead atoms. The molecule has 0 amide bonds. The van der Waals surface area contributed by atoms with Crippen LogP contribution in [0.15, 0.2) is 42.6 Å². The van der Waals surface area contributed by atoms with Crippen LogP contribution in [0.5, 0.6) is 5.88 Å². The van der Waals surface area contributed by atoms with E-state index in [4.69, 9.17) is 4.74 Å². The standard InChI is InChI=1S/C20H27N3O2/c1-15(22-14-16-7-10-21-20(13-16)25-2)17-3-5-18(6-4-17)23-11-8-19(24)9-12-23/h3-7,10,13,15,19,22,24H,8-9,11-12,14H2,1-2H3. The van der Waals surface area contributed by atoms with Gasteiger partial charge in [0.2, 0.25) is 5.88 Å². The molecule has 1 aliphatic heterocycles. The maximum Gasteiger partial charge on any atom is 0.213 e. The highest BCUT2D eigenvalue weighted by molar-refractivity contribution is 5.48. The number of aliphatic hydroxyl groups excluding tert-OH is 1. The molecule has 0 saturated carbocycles. The van der Waals surface area contributed by atoms with Crippen LogP contribution in [-0.4, -0.2) is 36.4 Å². The molecular weight excluding hydrogens is 314 g/mol. The molecule has 134 valence electrons. The minimum atomic E-state index is -0.133. The molecule has 2 N–H and O–H groups in total. The summed E-state index contributed by atoms with van der Waals surface area (Å²) >= 11 is 0. The number of piperidine rings is 1. The van der Waals surface area contributed by atoms with Crippen LogP contribution in [0.4, 0.5) is 5.69 Å². The Labute approximate surface area is 149 Å². The van der Waals surface area contributed by atoms with Crippen molar-refractivity contribution in [1.29, 1.82) is 0 Å². The highest BCUT2D eigenvalue weighted by atomic mass is 16.5. The highest BCUT2D eigenvalue weighted by Gasteiger charge is 2.17. The highest BCUT2D eigenvalue weighted by Crippen LogP contribution is 2.23. The third kappa shape index (κ3) is 4.71. The second kappa shape index (κ2) is 8.32. The predicted molar refractivity (Wildman–Crippen MR) is 99.9 cm³/mol. The van der Waals surface area contributed by atoms with Crippen LogP contribution < -0.4 is 15.0 Å². The molecule has 1 atom stereocenters. The van der Waals surface area contributed by atoms with Crippen molar-refractivity contribution in [2.24, 2.45) is 0 Å². The number of nitrogens with zero attached hydrogens (tertiary/aromatic N) is 2. The molecule has 5 nitrogen and oxygen atoms in total. The zero-order valence-corrected chi connectivity index (χ0v) is 15.0. The summed E-state index contributed by atoms with van der Waals surface area (Å²) in [5, 5.41) is 13.2. The first-order chi connectivity index (χ1) is 12.2. The molecule has 0 radical (unpaired) electrons. The summed E-state index contributed by atoms with van der Waals surface area (Å²) in [6.45, 7) is 4.80. The first-order valence-electron chi connectivity index (χ1n) is 8.91. The van der Waals surface area contributed by atoms with Crippen molar-refractivity contribution in [1.82, 2.24) is 10.3 Å². The fraction of sp³-hybridized carbons (Fsp3) is 0.450. The van der Waals surface area contributed by atoms with Crippen molar-refractivity contribution < 1.29 is 9.84 Å². The first-order valence-corrected chi connectivity index (χ1v) is 8.91. The maximum atomic E-state index is 9.63. The first kappa shape index (κ1) is 17.7. The topological polar surface area (TPSA) is 57.6 Å². The van der Waals surface area contributed by atoms with Crippen molar-refractivity contribution in [2.45, 2.75) is 38.5 Å². The smallest absolute Gasteiger partial charge is 0.213 e. The lowest BCUT2D eigenvalue weighted by molar-refractivity contribution is 0.145. The van der Waals surface area contributed by atoms with Crippen LogP contribution >= 0.6 is 0 Å². The Morgan fingerprint density at radius 2 is 1.96 bits per heavy atom. The van der Waals surface area contributed by atoms with Crippen molar-refractivity contribution in [3.05, 3.63) is 53.7 Å². The molecule has 3 rings (SSSR count). The summed E-state index contributed by atoms with van der Waals surface area (Å²) in [7, 11) is 1.63. The van der Waals surface area contributed by atoms with E-state index in [0.717, 1.165) is 38.0 Å². The lowest BCUT2D eigenvalue weighted by atomic mass is 10.0. The number of pyridine rings is 1. The number of aromatic nitrogens is 1. The molecule has 1 aromatic heterocycles. The van der Waals surface area contributed by atoms with Gasteiger partial charge in [0.15, 0.2) is 0 Å². The van der Waals surface area contributed by atoms with Gasteiger partial charge in [-0.2, -0.15) is 0 Å². The Morgan fingerprint density at radius 3 is 2.64 bits per heavy atom. The Balaban J connectivity index is 1.56. The number of rotatable bonds is 6. The Morgan fingerprint density at radius 1 is 1.24 bits per heavy atom. The summed E-state index contributed by atoms with van der Waals surface area (Å²) in [6, 6.07) is 12.9. The molecule has 1 aromatic carbocycles. The van der Waals surface area contributed by atoms with E-state index in [0.29, 0.717) is 5.88 Å². The molecule has 1 unspecified atom stereocenters. The van der Waals surface area contributed by atoms with Crippen molar-refractivity contribution >= 4 is 5.69 Å². The molecule has 2 aromatic rings. The fourth-order valence-electron chi connectivity index (χ4n) is 3.16. The number of benzene rings is 1. The van der Waals surface area contributed by atoms with Crippen LogP contribution in [0.2, 0.25) is 0 Å². The SMILES string of the molecule is COc1cc(CNC(C)c2ccc(N3CCC(O)CC3)cc2)ccn1. The molecule has 5 heteroatoms. The summed E-state index contributed by atoms with van der Waals surface area (Å²) in [4.78, 5) is 6.48. The molecular formula is C20H27N3O2. The lowest BCUT2D eigenvalue weighted by Crippen LogP contribution is -2.35. The summed E-state index contributed by atoms with van der Waals surface area (Å²) in [6.07, 6.45) is 3.35. The third-order valence-electron chi connectivity index (χ3n) is 4.84. The van der Waals surface area contributed by atoms with Gasteiger partial charge < -0.3 is 20.1 Å². The Hall–Kier alpha value is -2.11. The van der Waals surface area contributed by atoms with Gasteiger partial charge >= 0.3 is 0 Å². The summed E-state index contributed by atoms with van der Waals surface area (Å²) in [5.74, 6) is 0.642. The van der Waals surface area contributed by atoms with Gasteiger partial charge in [-0.3, -0.25) is 0 Å². The maximum absolute atomic E-state index is 9.63. The van der Waals surface area contributed by atoms with E-state index in [-0.39, 0.29) is 12.1 Å². The van der Waals surface area contributed by atoms with E-state index in [1.165, 1.54) is 11.3 Å². The molecule has 0 spiro atoms. The molecule has 1 saturated heterocycles.